The third kappa shape index (κ3) is 2.67. The number of pyridine rings is 1. The summed E-state index contributed by atoms with van der Waals surface area (Å²) < 4.78 is 5.19. The van der Waals surface area contributed by atoms with Gasteiger partial charge in [0.1, 0.15) is 23.0 Å². The number of aryl methyl sites for hydroxylation is 1. The van der Waals surface area contributed by atoms with Crippen LogP contribution >= 0.6 is 0 Å². The molecule has 0 unspecified atom stereocenters. The molecule has 0 aliphatic heterocycles. The van der Waals surface area contributed by atoms with Crippen molar-refractivity contribution >= 4 is 22.6 Å². The number of anilines is 1. The Hall–Kier alpha value is -3.02. The van der Waals surface area contributed by atoms with Crippen LogP contribution in [0.15, 0.2) is 24.3 Å². The molecule has 6 nitrogen and oxygen atoms in total. The minimum Gasteiger partial charge on any atom is -0.506 e. The third-order valence-corrected chi connectivity index (χ3v) is 4.20. The maximum Gasteiger partial charge on any atom is 0.273 e. The van der Waals surface area contributed by atoms with E-state index in [1.54, 1.807) is 27.0 Å². The van der Waals surface area contributed by atoms with E-state index in [-0.39, 0.29) is 11.7 Å². The number of carbonyl (C=O) groups is 1. The van der Waals surface area contributed by atoms with Gasteiger partial charge in [-0.15, -0.1) is 0 Å². The average Bonchev–Trinajstić information content (AvgIpc) is 3.00. The van der Waals surface area contributed by atoms with Gasteiger partial charge in [-0.1, -0.05) is 0 Å². The number of aromatic nitrogens is 2. The Bertz CT molecular complexity index is 944. The van der Waals surface area contributed by atoms with Crippen molar-refractivity contribution in [1.29, 1.82) is 0 Å². The molecule has 0 radical (unpaired) electrons. The van der Waals surface area contributed by atoms with Crippen molar-refractivity contribution in [3.05, 3.63) is 46.8 Å². The number of hydrogen-bond donors (Lipinski definition) is 3. The number of H-pyrrole nitrogens is 1. The molecule has 0 saturated heterocycles. The van der Waals surface area contributed by atoms with Crippen LogP contribution < -0.4 is 10.1 Å². The predicted molar refractivity (Wildman–Crippen MR) is 92.9 cm³/mol. The van der Waals surface area contributed by atoms with Crippen LogP contribution in [-0.4, -0.2) is 28.1 Å². The van der Waals surface area contributed by atoms with Crippen LogP contribution in [0, 0.1) is 20.8 Å². The molecule has 2 aromatic heterocycles. The number of aromatic amines is 1. The highest BCUT2D eigenvalue weighted by atomic mass is 16.5. The summed E-state index contributed by atoms with van der Waals surface area (Å²) in [6, 6.07) is 7.35. The van der Waals surface area contributed by atoms with Crippen molar-refractivity contribution < 1.29 is 14.6 Å². The van der Waals surface area contributed by atoms with E-state index in [2.05, 4.69) is 15.3 Å². The molecule has 3 rings (SSSR count). The van der Waals surface area contributed by atoms with Crippen LogP contribution in [0.5, 0.6) is 11.5 Å². The molecule has 2 heterocycles. The van der Waals surface area contributed by atoms with Gasteiger partial charge in [-0.2, -0.15) is 0 Å². The number of fused-ring (bicyclic) bond motifs is 1. The zero-order valence-corrected chi connectivity index (χ0v) is 14.0. The Morgan fingerprint density at radius 3 is 2.67 bits per heavy atom. The minimum absolute atomic E-state index is 0.156. The number of ether oxygens (including phenoxy) is 1. The maximum absolute atomic E-state index is 12.5. The van der Waals surface area contributed by atoms with Gasteiger partial charge in [-0.05, 0) is 50.1 Å². The molecule has 0 aliphatic rings. The molecule has 1 amide bonds. The van der Waals surface area contributed by atoms with Gasteiger partial charge in [0.15, 0.2) is 0 Å². The summed E-state index contributed by atoms with van der Waals surface area (Å²) in [4.78, 5) is 19.9. The molecule has 1 aromatic carbocycles. The van der Waals surface area contributed by atoms with E-state index < -0.39 is 0 Å². The topological polar surface area (TPSA) is 87.2 Å². The first-order valence-corrected chi connectivity index (χ1v) is 7.55. The first-order valence-electron chi connectivity index (χ1n) is 7.55. The highest BCUT2D eigenvalue weighted by molar-refractivity contribution is 6.06. The maximum atomic E-state index is 12.5. The second-order valence-electron chi connectivity index (χ2n) is 5.73. The molecule has 24 heavy (non-hydrogen) atoms. The lowest BCUT2D eigenvalue weighted by Gasteiger charge is -2.12. The fourth-order valence-corrected chi connectivity index (χ4v) is 2.58. The molecule has 0 atom stereocenters. The fraction of sp³-hybridized carbons (Fsp3) is 0.222. The molecular weight excluding hydrogens is 306 g/mol. The number of aromatic hydroxyl groups is 1. The Balaban J connectivity index is 1.93. The summed E-state index contributed by atoms with van der Waals surface area (Å²) in [5.41, 5.74) is 3.18. The Labute approximate surface area is 139 Å². The number of carbonyl (C=O) groups excluding carboxylic acids is 1. The summed E-state index contributed by atoms with van der Waals surface area (Å²) in [6.07, 6.45) is 0. The van der Waals surface area contributed by atoms with Crippen LogP contribution in [0.1, 0.15) is 27.3 Å². The van der Waals surface area contributed by atoms with Crippen molar-refractivity contribution in [1.82, 2.24) is 9.97 Å². The molecule has 0 aliphatic carbocycles. The average molecular weight is 325 g/mol. The summed E-state index contributed by atoms with van der Waals surface area (Å²) in [5, 5.41) is 13.6. The highest BCUT2D eigenvalue weighted by Gasteiger charge is 2.15. The monoisotopic (exact) mass is 325 g/mol. The van der Waals surface area contributed by atoms with Crippen molar-refractivity contribution in [2.75, 3.05) is 12.4 Å². The Morgan fingerprint density at radius 2 is 1.96 bits per heavy atom. The van der Waals surface area contributed by atoms with Crippen LogP contribution in [0.2, 0.25) is 0 Å². The van der Waals surface area contributed by atoms with Gasteiger partial charge in [0.25, 0.3) is 5.91 Å². The first kappa shape index (κ1) is 15.9. The van der Waals surface area contributed by atoms with Crippen LogP contribution in [0.3, 0.4) is 0 Å². The number of nitrogens with one attached hydrogen (secondary N) is 2. The smallest absolute Gasteiger partial charge is 0.273 e. The number of benzene rings is 1. The molecule has 0 fully saturated rings. The van der Waals surface area contributed by atoms with E-state index in [9.17, 15) is 9.90 Å². The van der Waals surface area contributed by atoms with E-state index in [1.807, 2.05) is 25.1 Å². The molecule has 124 valence electrons. The second-order valence-corrected chi connectivity index (χ2v) is 5.73. The molecule has 6 heteroatoms. The molecule has 0 saturated carbocycles. The minimum atomic E-state index is -0.287. The standard InChI is InChI=1S/C18H19N3O3/c1-9-10(2)17(19-11(3)16(9)22)21-18(23)15-7-12-5-6-13(24-4)8-14(12)20-15/h5-8,20,22H,1-4H3,(H,19,21,23). The van der Waals surface area contributed by atoms with E-state index in [0.717, 1.165) is 22.2 Å². The summed E-state index contributed by atoms with van der Waals surface area (Å²) in [5.74, 6) is 1.04. The van der Waals surface area contributed by atoms with Crippen molar-refractivity contribution in [3.63, 3.8) is 0 Å². The van der Waals surface area contributed by atoms with Crippen LogP contribution in [-0.2, 0) is 0 Å². The molecule has 3 aromatic rings. The number of methoxy groups -OCH3 is 1. The normalized spacial score (nSPS) is 10.8. The zero-order chi connectivity index (χ0) is 17.4. The van der Waals surface area contributed by atoms with E-state index in [1.165, 1.54) is 0 Å². The van der Waals surface area contributed by atoms with Gasteiger partial charge < -0.3 is 20.1 Å². The van der Waals surface area contributed by atoms with E-state index in [0.29, 0.717) is 22.8 Å². The first-order chi connectivity index (χ1) is 11.4. The van der Waals surface area contributed by atoms with Crippen molar-refractivity contribution in [2.45, 2.75) is 20.8 Å². The third-order valence-electron chi connectivity index (χ3n) is 4.20. The lowest BCUT2D eigenvalue weighted by Crippen LogP contribution is -2.15. The van der Waals surface area contributed by atoms with Crippen molar-refractivity contribution in [2.24, 2.45) is 0 Å². The second kappa shape index (κ2) is 5.88. The van der Waals surface area contributed by atoms with Gasteiger partial charge in [0, 0.05) is 17.0 Å². The number of nitrogens with zero attached hydrogens (tertiary/aromatic N) is 1. The lowest BCUT2D eigenvalue weighted by molar-refractivity contribution is 0.102. The largest absolute Gasteiger partial charge is 0.506 e. The van der Waals surface area contributed by atoms with E-state index in [4.69, 9.17) is 4.74 Å². The quantitative estimate of drug-likeness (QED) is 0.688. The summed E-state index contributed by atoms with van der Waals surface area (Å²) in [7, 11) is 1.60. The SMILES string of the molecule is COc1ccc2cc(C(=O)Nc3nc(C)c(O)c(C)c3C)[nH]c2c1. The summed E-state index contributed by atoms with van der Waals surface area (Å²) in [6.45, 7) is 5.31. The highest BCUT2D eigenvalue weighted by Crippen LogP contribution is 2.28. The van der Waals surface area contributed by atoms with Crippen molar-refractivity contribution in [3.8, 4) is 11.5 Å². The predicted octanol–water partition coefficient (Wildman–Crippen LogP) is 3.45. The van der Waals surface area contributed by atoms with Gasteiger partial charge in [0.2, 0.25) is 0 Å². The number of amides is 1. The zero-order valence-electron chi connectivity index (χ0n) is 14.0. The van der Waals surface area contributed by atoms with Gasteiger partial charge in [0.05, 0.1) is 12.8 Å². The van der Waals surface area contributed by atoms with Crippen LogP contribution in [0.4, 0.5) is 5.82 Å². The number of hydrogen-bond acceptors (Lipinski definition) is 4. The molecular formula is C18H19N3O3. The molecule has 0 bridgehead atoms. The van der Waals surface area contributed by atoms with E-state index >= 15 is 0 Å². The van der Waals surface area contributed by atoms with Gasteiger partial charge in [-0.25, -0.2) is 4.98 Å². The summed E-state index contributed by atoms with van der Waals surface area (Å²) >= 11 is 0. The Kier molecular flexibility index (Phi) is 3.89. The Morgan fingerprint density at radius 1 is 1.21 bits per heavy atom. The van der Waals surface area contributed by atoms with Gasteiger partial charge in [-0.3, -0.25) is 4.79 Å². The molecule has 0 spiro atoms. The van der Waals surface area contributed by atoms with Gasteiger partial charge >= 0.3 is 0 Å². The van der Waals surface area contributed by atoms with Crippen LogP contribution in [0.25, 0.3) is 10.9 Å². The lowest BCUT2D eigenvalue weighted by atomic mass is 10.1. The fourth-order valence-electron chi connectivity index (χ4n) is 2.58. The number of rotatable bonds is 3. The molecule has 3 N–H and O–H groups in total.